The molecule has 1 N–H and O–H groups in total. The first kappa shape index (κ1) is 15.4. The largest absolute Gasteiger partial charge is 0.367 e. The van der Waals surface area contributed by atoms with Crippen molar-refractivity contribution in [3.63, 3.8) is 0 Å². The number of nitrogens with one attached hydrogen (secondary N) is 1. The molecule has 0 aromatic carbocycles. The van der Waals surface area contributed by atoms with Crippen LogP contribution in [0.25, 0.3) is 0 Å². The van der Waals surface area contributed by atoms with Crippen LogP contribution in [0.2, 0.25) is 5.15 Å². The van der Waals surface area contributed by atoms with E-state index in [9.17, 15) is 4.21 Å². The maximum atomic E-state index is 11.1. The molecule has 0 amide bonds. The molecule has 0 bridgehead atoms. The lowest BCUT2D eigenvalue weighted by atomic mass is 10.1. The molecular formula is C12H20ClN3OS. The second-order valence-corrected chi connectivity index (χ2v) is 6.27. The van der Waals surface area contributed by atoms with Crippen LogP contribution in [0, 0.1) is 0 Å². The van der Waals surface area contributed by atoms with Gasteiger partial charge in [0.15, 0.2) is 0 Å². The van der Waals surface area contributed by atoms with E-state index in [1.807, 2.05) is 0 Å². The molecule has 1 aromatic rings. The van der Waals surface area contributed by atoms with Gasteiger partial charge in [-0.15, -0.1) is 0 Å². The van der Waals surface area contributed by atoms with E-state index in [-0.39, 0.29) is 6.04 Å². The van der Waals surface area contributed by atoms with Crippen molar-refractivity contribution in [3.8, 4) is 0 Å². The summed E-state index contributed by atoms with van der Waals surface area (Å²) < 4.78 is 11.1. The van der Waals surface area contributed by atoms with Gasteiger partial charge >= 0.3 is 0 Å². The summed E-state index contributed by atoms with van der Waals surface area (Å²) in [5, 5.41) is 3.84. The predicted molar refractivity (Wildman–Crippen MR) is 77.7 cm³/mol. The Bertz CT molecular complexity index is 414. The van der Waals surface area contributed by atoms with E-state index in [4.69, 9.17) is 11.6 Å². The Hall–Kier alpha value is -0.680. The zero-order chi connectivity index (χ0) is 13.5. The van der Waals surface area contributed by atoms with Crippen molar-refractivity contribution in [1.29, 1.82) is 0 Å². The van der Waals surface area contributed by atoms with Crippen LogP contribution in [0.1, 0.15) is 32.3 Å². The van der Waals surface area contributed by atoms with E-state index in [0.717, 1.165) is 30.6 Å². The van der Waals surface area contributed by atoms with E-state index in [0.29, 0.717) is 10.9 Å². The molecule has 0 spiro atoms. The molecule has 6 heteroatoms. The second kappa shape index (κ2) is 7.69. The second-order valence-electron chi connectivity index (χ2n) is 4.35. The zero-order valence-electron chi connectivity index (χ0n) is 11.1. The molecule has 2 atom stereocenters. The highest BCUT2D eigenvalue weighted by Gasteiger charge is 2.11. The maximum absolute atomic E-state index is 11.1. The molecule has 0 saturated carbocycles. The minimum absolute atomic E-state index is 0.218. The van der Waals surface area contributed by atoms with Crippen molar-refractivity contribution < 1.29 is 4.21 Å². The van der Waals surface area contributed by atoms with E-state index in [2.05, 4.69) is 29.1 Å². The monoisotopic (exact) mass is 289 g/mol. The standard InChI is InChI=1S/C12H20ClN3OS/c1-4-5-10-11(13)14-8-15-12(10)16-9(2)6-7-18(3)17/h8-9H,4-7H2,1-3H3,(H,14,15,16). The zero-order valence-corrected chi connectivity index (χ0v) is 12.6. The molecular weight excluding hydrogens is 270 g/mol. The lowest BCUT2D eigenvalue weighted by Crippen LogP contribution is -2.20. The maximum Gasteiger partial charge on any atom is 0.137 e. The third-order valence-corrected chi connectivity index (χ3v) is 3.75. The molecule has 1 heterocycles. The van der Waals surface area contributed by atoms with Gasteiger partial charge in [0.1, 0.15) is 17.3 Å². The molecule has 1 aromatic heterocycles. The van der Waals surface area contributed by atoms with Crippen LogP contribution in [0.4, 0.5) is 5.82 Å². The van der Waals surface area contributed by atoms with E-state index >= 15 is 0 Å². The summed E-state index contributed by atoms with van der Waals surface area (Å²) in [6, 6.07) is 0.218. The highest BCUT2D eigenvalue weighted by atomic mass is 35.5. The van der Waals surface area contributed by atoms with Crippen LogP contribution in [0.15, 0.2) is 6.33 Å². The van der Waals surface area contributed by atoms with Crippen molar-refractivity contribution in [2.75, 3.05) is 17.3 Å². The summed E-state index contributed by atoms with van der Waals surface area (Å²) in [6.07, 6.45) is 5.88. The van der Waals surface area contributed by atoms with Crippen molar-refractivity contribution >= 4 is 28.2 Å². The van der Waals surface area contributed by atoms with Gasteiger partial charge in [-0.3, -0.25) is 4.21 Å². The lowest BCUT2D eigenvalue weighted by molar-refractivity contribution is 0.678. The molecule has 4 nitrogen and oxygen atoms in total. The van der Waals surface area contributed by atoms with Crippen LogP contribution in [0.5, 0.6) is 0 Å². The van der Waals surface area contributed by atoms with Gasteiger partial charge in [0.05, 0.1) is 0 Å². The van der Waals surface area contributed by atoms with Gasteiger partial charge in [0.25, 0.3) is 0 Å². The van der Waals surface area contributed by atoms with E-state index in [1.165, 1.54) is 6.33 Å². The van der Waals surface area contributed by atoms with Gasteiger partial charge < -0.3 is 5.32 Å². The highest BCUT2D eigenvalue weighted by Crippen LogP contribution is 2.22. The Morgan fingerprint density at radius 2 is 2.22 bits per heavy atom. The average molecular weight is 290 g/mol. The lowest BCUT2D eigenvalue weighted by Gasteiger charge is -2.16. The summed E-state index contributed by atoms with van der Waals surface area (Å²) >= 11 is 6.08. The van der Waals surface area contributed by atoms with Gasteiger partial charge in [0, 0.05) is 34.4 Å². The smallest absolute Gasteiger partial charge is 0.137 e. The molecule has 0 aliphatic heterocycles. The molecule has 2 unspecified atom stereocenters. The van der Waals surface area contributed by atoms with Gasteiger partial charge in [-0.05, 0) is 19.8 Å². The number of rotatable bonds is 7. The number of hydrogen-bond donors (Lipinski definition) is 1. The SMILES string of the molecule is CCCc1c(Cl)ncnc1NC(C)CCS(C)=O. The van der Waals surface area contributed by atoms with Crippen LogP contribution >= 0.6 is 11.6 Å². The number of hydrogen-bond acceptors (Lipinski definition) is 4. The molecule has 0 aliphatic rings. The first-order chi connectivity index (χ1) is 8.54. The van der Waals surface area contributed by atoms with E-state index in [1.54, 1.807) is 6.26 Å². The fraction of sp³-hybridized carbons (Fsp3) is 0.667. The minimum atomic E-state index is -0.756. The number of halogens is 1. The third kappa shape index (κ3) is 4.90. The summed E-state index contributed by atoms with van der Waals surface area (Å²) in [5.41, 5.74) is 0.964. The fourth-order valence-electron chi connectivity index (χ4n) is 1.64. The molecule has 0 fully saturated rings. The quantitative estimate of drug-likeness (QED) is 0.784. The van der Waals surface area contributed by atoms with Crippen LogP contribution < -0.4 is 5.32 Å². The molecule has 102 valence electrons. The third-order valence-electron chi connectivity index (χ3n) is 2.61. The highest BCUT2D eigenvalue weighted by molar-refractivity contribution is 7.84. The van der Waals surface area contributed by atoms with Crippen LogP contribution in [-0.4, -0.2) is 32.2 Å². The van der Waals surface area contributed by atoms with Crippen molar-refractivity contribution in [2.24, 2.45) is 0 Å². The number of aromatic nitrogens is 2. The normalized spacial score (nSPS) is 14.2. The molecule has 0 aliphatic carbocycles. The Morgan fingerprint density at radius 1 is 1.50 bits per heavy atom. The first-order valence-corrected chi connectivity index (χ1v) is 8.21. The molecule has 0 saturated heterocycles. The topological polar surface area (TPSA) is 54.9 Å². The summed E-state index contributed by atoms with van der Waals surface area (Å²) in [4.78, 5) is 8.25. The summed E-state index contributed by atoms with van der Waals surface area (Å²) in [5.74, 6) is 1.49. The number of anilines is 1. The van der Waals surface area contributed by atoms with E-state index < -0.39 is 10.8 Å². The van der Waals surface area contributed by atoms with Gasteiger partial charge in [-0.2, -0.15) is 0 Å². The van der Waals surface area contributed by atoms with Crippen LogP contribution in [-0.2, 0) is 17.2 Å². The average Bonchev–Trinajstić information content (AvgIpc) is 2.31. The Kier molecular flexibility index (Phi) is 6.57. The summed E-state index contributed by atoms with van der Waals surface area (Å²) in [7, 11) is -0.756. The Balaban J connectivity index is 2.71. The van der Waals surface area contributed by atoms with Gasteiger partial charge in [-0.25, -0.2) is 9.97 Å². The van der Waals surface area contributed by atoms with Crippen LogP contribution in [0.3, 0.4) is 0 Å². The van der Waals surface area contributed by atoms with Crippen molar-refractivity contribution in [1.82, 2.24) is 9.97 Å². The molecule has 18 heavy (non-hydrogen) atoms. The van der Waals surface area contributed by atoms with Gasteiger partial charge in [0.2, 0.25) is 0 Å². The molecule has 1 rings (SSSR count). The number of nitrogens with zero attached hydrogens (tertiary/aromatic N) is 2. The predicted octanol–water partition coefficient (Wildman–Crippen LogP) is 2.65. The Labute approximate surface area is 116 Å². The minimum Gasteiger partial charge on any atom is -0.367 e. The van der Waals surface area contributed by atoms with Gasteiger partial charge in [-0.1, -0.05) is 24.9 Å². The molecule has 0 radical (unpaired) electrons. The van der Waals surface area contributed by atoms with Crippen molar-refractivity contribution in [2.45, 2.75) is 39.2 Å². The Morgan fingerprint density at radius 3 is 2.83 bits per heavy atom. The van der Waals surface area contributed by atoms with Crippen molar-refractivity contribution in [3.05, 3.63) is 17.0 Å². The summed E-state index contributed by atoms with van der Waals surface area (Å²) in [6.45, 7) is 4.15. The fourth-order valence-corrected chi connectivity index (χ4v) is 2.55. The first-order valence-electron chi connectivity index (χ1n) is 6.10.